The van der Waals surface area contributed by atoms with Gasteiger partial charge in [-0.15, -0.1) is 22.7 Å². The van der Waals surface area contributed by atoms with E-state index < -0.39 is 0 Å². The molecule has 0 nitrogen and oxygen atoms in total. The van der Waals surface area contributed by atoms with Crippen molar-refractivity contribution in [2.75, 3.05) is 0 Å². The molecule has 196 valence electrons. The molecule has 0 radical (unpaired) electrons. The van der Waals surface area contributed by atoms with E-state index in [0.29, 0.717) is 5.92 Å². The van der Waals surface area contributed by atoms with Crippen molar-refractivity contribution in [3.63, 3.8) is 0 Å². The van der Waals surface area contributed by atoms with E-state index in [0.717, 1.165) is 6.42 Å². The predicted octanol–water partition coefficient (Wildman–Crippen LogP) is 12.1. The van der Waals surface area contributed by atoms with Crippen molar-refractivity contribution in [1.29, 1.82) is 0 Å². The summed E-state index contributed by atoms with van der Waals surface area (Å²) in [6.45, 7) is 2.40. The highest BCUT2D eigenvalue weighted by atomic mass is 32.1. The highest BCUT2D eigenvalue weighted by Crippen LogP contribution is 2.44. The van der Waals surface area contributed by atoms with Gasteiger partial charge in [-0.3, -0.25) is 0 Å². The van der Waals surface area contributed by atoms with Gasteiger partial charge in [-0.2, -0.15) is 0 Å². The van der Waals surface area contributed by atoms with E-state index in [9.17, 15) is 0 Å². The van der Waals surface area contributed by atoms with E-state index in [1.807, 2.05) is 22.7 Å². The van der Waals surface area contributed by atoms with Gasteiger partial charge in [-0.25, -0.2) is 0 Å². The van der Waals surface area contributed by atoms with Gasteiger partial charge in [0.05, 0.1) is 0 Å². The van der Waals surface area contributed by atoms with Gasteiger partial charge in [-0.1, -0.05) is 128 Å². The number of rotatable bonds is 5. The third kappa shape index (κ3) is 4.18. The molecule has 0 spiro atoms. The van der Waals surface area contributed by atoms with Crippen LogP contribution in [0.1, 0.15) is 24.0 Å². The van der Waals surface area contributed by atoms with Crippen LogP contribution in [0.2, 0.25) is 0 Å². The molecule has 0 N–H and O–H groups in total. The molecule has 0 saturated carbocycles. The second-order valence-electron chi connectivity index (χ2n) is 10.9. The molecule has 8 aromatic rings. The maximum absolute atomic E-state index is 2.40. The van der Waals surface area contributed by atoms with Crippen LogP contribution >= 0.6 is 22.7 Å². The highest BCUT2D eigenvalue weighted by Gasteiger charge is 2.18. The minimum Gasteiger partial charge on any atom is -0.135 e. The van der Waals surface area contributed by atoms with Gasteiger partial charge < -0.3 is 0 Å². The van der Waals surface area contributed by atoms with Gasteiger partial charge in [-0.05, 0) is 57.9 Å². The number of benzene rings is 6. The number of fused-ring (bicyclic) bond motifs is 6. The van der Waals surface area contributed by atoms with Crippen LogP contribution in [0, 0.1) is 0 Å². The third-order valence-corrected chi connectivity index (χ3v) is 10.8. The Bertz CT molecular complexity index is 2180. The van der Waals surface area contributed by atoms with E-state index in [1.165, 1.54) is 73.7 Å². The Hall–Kier alpha value is -4.24. The molecule has 1 atom stereocenters. The monoisotopic (exact) mass is 560 g/mol. The van der Waals surface area contributed by atoms with Crippen molar-refractivity contribution in [1.82, 2.24) is 0 Å². The second kappa shape index (κ2) is 9.99. The molecule has 2 aromatic heterocycles. The second-order valence-corrected chi connectivity index (χ2v) is 13.1. The van der Waals surface area contributed by atoms with E-state index in [-0.39, 0.29) is 0 Å². The smallest absolute Gasteiger partial charge is 0.0433 e. The molecule has 0 aliphatic rings. The topological polar surface area (TPSA) is 0 Å². The zero-order chi connectivity index (χ0) is 27.3. The van der Waals surface area contributed by atoms with Crippen molar-refractivity contribution in [3.8, 4) is 22.3 Å². The van der Waals surface area contributed by atoms with Crippen molar-refractivity contribution in [3.05, 3.63) is 145 Å². The zero-order valence-electron chi connectivity index (χ0n) is 22.8. The van der Waals surface area contributed by atoms with Gasteiger partial charge in [0.1, 0.15) is 0 Å². The van der Waals surface area contributed by atoms with Crippen molar-refractivity contribution in [2.24, 2.45) is 0 Å². The van der Waals surface area contributed by atoms with Crippen LogP contribution in [-0.2, 0) is 6.42 Å². The minimum absolute atomic E-state index is 0.401. The Morgan fingerprint density at radius 2 is 1.22 bits per heavy atom. The van der Waals surface area contributed by atoms with Crippen LogP contribution in [0.4, 0.5) is 0 Å². The van der Waals surface area contributed by atoms with E-state index >= 15 is 0 Å². The summed E-state index contributed by atoms with van der Waals surface area (Å²) in [6.07, 6.45) is 1.02. The lowest BCUT2D eigenvalue weighted by molar-refractivity contribution is 0.771. The lowest BCUT2D eigenvalue weighted by atomic mass is 9.90. The predicted molar refractivity (Wildman–Crippen MR) is 182 cm³/mol. The van der Waals surface area contributed by atoms with Crippen molar-refractivity contribution in [2.45, 2.75) is 19.3 Å². The quantitative estimate of drug-likeness (QED) is 0.196. The lowest BCUT2D eigenvalue weighted by Crippen LogP contribution is -1.99. The van der Waals surface area contributed by atoms with Gasteiger partial charge >= 0.3 is 0 Å². The molecule has 41 heavy (non-hydrogen) atoms. The largest absolute Gasteiger partial charge is 0.135 e. The summed E-state index contributed by atoms with van der Waals surface area (Å²) >= 11 is 3.87. The molecule has 8 rings (SSSR count). The van der Waals surface area contributed by atoms with Gasteiger partial charge in [0, 0.05) is 40.3 Å². The molecule has 6 aromatic carbocycles. The average molecular weight is 561 g/mol. The zero-order valence-corrected chi connectivity index (χ0v) is 24.4. The van der Waals surface area contributed by atoms with E-state index in [4.69, 9.17) is 0 Å². The van der Waals surface area contributed by atoms with E-state index in [2.05, 4.69) is 140 Å². The SMILES string of the molecule is C[C@H](Cc1cccc2sc3c(-c4ccccc4)cccc3c12)c1cccc2c1sc1cc(-c3ccccc3)ccc12. The minimum atomic E-state index is 0.401. The normalized spacial score (nSPS) is 12.5. The van der Waals surface area contributed by atoms with Gasteiger partial charge in [0.25, 0.3) is 0 Å². The van der Waals surface area contributed by atoms with E-state index in [1.54, 1.807) is 0 Å². The first-order valence-electron chi connectivity index (χ1n) is 14.2. The van der Waals surface area contributed by atoms with Crippen LogP contribution in [0.5, 0.6) is 0 Å². The summed E-state index contributed by atoms with van der Waals surface area (Å²) in [6, 6.07) is 49.0. The Balaban J connectivity index is 1.21. The molecule has 0 bridgehead atoms. The molecule has 0 amide bonds. The van der Waals surface area contributed by atoms with Crippen molar-refractivity contribution >= 4 is 63.0 Å². The lowest BCUT2D eigenvalue weighted by Gasteiger charge is -2.14. The van der Waals surface area contributed by atoms with Gasteiger partial charge in [0.15, 0.2) is 0 Å². The number of hydrogen-bond acceptors (Lipinski definition) is 2. The molecular formula is C39H28S2. The molecule has 2 heterocycles. The summed E-state index contributed by atoms with van der Waals surface area (Å²) in [5.74, 6) is 0.401. The van der Waals surface area contributed by atoms with Crippen LogP contribution in [0.3, 0.4) is 0 Å². The number of thiophene rings is 2. The fourth-order valence-corrected chi connectivity index (χ4v) is 9.05. The molecule has 0 aliphatic carbocycles. The first kappa shape index (κ1) is 24.5. The van der Waals surface area contributed by atoms with Crippen molar-refractivity contribution < 1.29 is 0 Å². The standard InChI is InChI=1S/C39H28S2/c1-25(30-16-9-18-33-32-22-21-28(24-36(32)41-38(30)33)26-11-4-2-5-12-26)23-29-15-8-20-35-37(29)34-19-10-17-31(39(34)40-35)27-13-6-3-7-14-27/h2-22,24-25H,23H2,1H3/t25-/m1/s1. The van der Waals surface area contributed by atoms with Crippen LogP contribution in [-0.4, -0.2) is 0 Å². The highest BCUT2D eigenvalue weighted by molar-refractivity contribution is 7.26. The Labute approximate surface area is 248 Å². The fourth-order valence-electron chi connectivity index (χ4n) is 6.39. The molecular weight excluding hydrogens is 533 g/mol. The Morgan fingerprint density at radius 1 is 0.512 bits per heavy atom. The molecule has 0 unspecified atom stereocenters. The van der Waals surface area contributed by atoms with Crippen LogP contribution in [0.15, 0.2) is 133 Å². The third-order valence-electron chi connectivity index (χ3n) is 8.39. The van der Waals surface area contributed by atoms with Gasteiger partial charge in [0.2, 0.25) is 0 Å². The summed E-state index contributed by atoms with van der Waals surface area (Å²) < 4.78 is 5.55. The van der Waals surface area contributed by atoms with Crippen LogP contribution in [0.25, 0.3) is 62.6 Å². The first-order chi connectivity index (χ1) is 20.2. The van der Waals surface area contributed by atoms with Crippen LogP contribution < -0.4 is 0 Å². The molecule has 0 fully saturated rings. The summed E-state index contributed by atoms with van der Waals surface area (Å²) in [5, 5.41) is 5.54. The number of hydrogen-bond donors (Lipinski definition) is 0. The Kier molecular flexibility index (Phi) is 5.98. The first-order valence-corrected chi connectivity index (χ1v) is 15.9. The molecule has 2 heteroatoms. The summed E-state index contributed by atoms with van der Waals surface area (Å²) in [5.41, 5.74) is 8.05. The molecule has 0 aliphatic heterocycles. The summed E-state index contributed by atoms with van der Waals surface area (Å²) in [7, 11) is 0. The maximum Gasteiger partial charge on any atom is 0.0433 e. The Morgan fingerprint density at radius 3 is 2.05 bits per heavy atom. The summed E-state index contributed by atoms with van der Waals surface area (Å²) in [4.78, 5) is 0. The fraction of sp³-hybridized carbons (Fsp3) is 0.0769. The maximum atomic E-state index is 2.40. The molecule has 0 saturated heterocycles. The average Bonchev–Trinajstić information content (AvgIpc) is 3.60.